The zero-order valence-electron chi connectivity index (χ0n) is 15.6. The summed E-state index contributed by atoms with van der Waals surface area (Å²) in [6.45, 7) is 3.72. The zero-order chi connectivity index (χ0) is 20.5. The summed E-state index contributed by atoms with van der Waals surface area (Å²) in [5, 5.41) is 9.50. The molecule has 2 aromatic rings. The summed E-state index contributed by atoms with van der Waals surface area (Å²) in [4.78, 5) is 35.8. The van der Waals surface area contributed by atoms with Crippen LogP contribution in [0.25, 0.3) is 0 Å². The SMILES string of the molecule is CC(CC(=O)NCc1ccccc1)=NNC(=O)C(=O)Nc1cccc(Cl)c1C. The number of halogens is 1. The molecule has 3 N–H and O–H groups in total. The van der Waals surface area contributed by atoms with Gasteiger partial charge in [0, 0.05) is 23.0 Å². The molecule has 8 heteroatoms. The predicted octanol–water partition coefficient (Wildman–Crippen LogP) is 2.79. The van der Waals surface area contributed by atoms with Crippen molar-refractivity contribution >= 4 is 40.7 Å². The number of nitrogens with one attached hydrogen (secondary N) is 3. The Bertz CT molecular complexity index is 898. The van der Waals surface area contributed by atoms with Crippen LogP contribution in [0, 0.1) is 6.92 Å². The van der Waals surface area contributed by atoms with Gasteiger partial charge in [-0.2, -0.15) is 5.10 Å². The number of rotatable bonds is 6. The van der Waals surface area contributed by atoms with E-state index in [0.29, 0.717) is 28.5 Å². The Balaban J connectivity index is 1.80. The van der Waals surface area contributed by atoms with Crippen molar-refractivity contribution < 1.29 is 14.4 Å². The molecule has 3 amide bonds. The van der Waals surface area contributed by atoms with Gasteiger partial charge in [0.05, 0.1) is 6.42 Å². The van der Waals surface area contributed by atoms with Crippen LogP contribution in [0.3, 0.4) is 0 Å². The molecule has 0 unspecified atom stereocenters. The van der Waals surface area contributed by atoms with Crippen LogP contribution in [-0.2, 0) is 20.9 Å². The molecule has 0 spiro atoms. The average molecular weight is 401 g/mol. The molecule has 0 atom stereocenters. The first-order chi connectivity index (χ1) is 13.4. The monoisotopic (exact) mass is 400 g/mol. The molecule has 0 fully saturated rings. The molecule has 0 saturated carbocycles. The van der Waals surface area contributed by atoms with Crippen molar-refractivity contribution in [3.8, 4) is 0 Å². The molecule has 0 aliphatic heterocycles. The topological polar surface area (TPSA) is 99.7 Å². The number of carbonyl (C=O) groups excluding carboxylic acids is 3. The van der Waals surface area contributed by atoms with Crippen molar-refractivity contribution in [1.82, 2.24) is 10.7 Å². The number of carbonyl (C=O) groups is 3. The number of anilines is 1. The van der Waals surface area contributed by atoms with Crippen molar-refractivity contribution in [3.63, 3.8) is 0 Å². The predicted molar refractivity (Wildman–Crippen MR) is 109 cm³/mol. The smallest absolute Gasteiger partial charge is 0.329 e. The zero-order valence-corrected chi connectivity index (χ0v) is 16.3. The Hall–Kier alpha value is -3.19. The lowest BCUT2D eigenvalue weighted by atomic mass is 10.2. The van der Waals surface area contributed by atoms with Gasteiger partial charge in [0.2, 0.25) is 5.91 Å². The minimum Gasteiger partial charge on any atom is -0.352 e. The summed E-state index contributed by atoms with van der Waals surface area (Å²) in [6, 6.07) is 14.5. The van der Waals surface area contributed by atoms with Crippen molar-refractivity contribution in [2.24, 2.45) is 5.10 Å². The van der Waals surface area contributed by atoms with E-state index < -0.39 is 11.8 Å². The summed E-state index contributed by atoms with van der Waals surface area (Å²) >= 11 is 5.98. The highest BCUT2D eigenvalue weighted by molar-refractivity contribution is 6.40. The fraction of sp³-hybridized carbons (Fsp3) is 0.200. The third-order valence-electron chi connectivity index (χ3n) is 3.82. The number of hydrazone groups is 1. The molecule has 0 saturated heterocycles. The van der Waals surface area contributed by atoms with Crippen LogP contribution in [0.2, 0.25) is 5.02 Å². The van der Waals surface area contributed by atoms with Gasteiger partial charge >= 0.3 is 11.8 Å². The van der Waals surface area contributed by atoms with E-state index in [1.807, 2.05) is 30.3 Å². The average Bonchev–Trinajstić information content (AvgIpc) is 2.68. The highest BCUT2D eigenvalue weighted by Crippen LogP contribution is 2.22. The van der Waals surface area contributed by atoms with E-state index in [1.54, 1.807) is 32.0 Å². The second kappa shape index (κ2) is 10.2. The number of amides is 3. The third-order valence-corrected chi connectivity index (χ3v) is 4.23. The number of benzene rings is 2. The summed E-state index contributed by atoms with van der Waals surface area (Å²) in [5.74, 6) is -2.06. The minimum absolute atomic E-state index is 0.00212. The summed E-state index contributed by atoms with van der Waals surface area (Å²) < 4.78 is 0. The second-order valence-electron chi connectivity index (χ2n) is 6.09. The molecule has 146 valence electrons. The van der Waals surface area contributed by atoms with E-state index in [1.165, 1.54) is 0 Å². The van der Waals surface area contributed by atoms with E-state index in [-0.39, 0.29) is 12.3 Å². The highest BCUT2D eigenvalue weighted by atomic mass is 35.5. The largest absolute Gasteiger partial charge is 0.352 e. The lowest BCUT2D eigenvalue weighted by Crippen LogP contribution is -2.33. The Labute approximate surface area is 168 Å². The third kappa shape index (κ3) is 6.51. The second-order valence-corrected chi connectivity index (χ2v) is 6.50. The lowest BCUT2D eigenvalue weighted by Gasteiger charge is -2.09. The Kier molecular flexibility index (Phi) is 7.71. The minimum atomic E-state index is -0.941. The lowest BCUT2D eigenvalue weighted by molar-refractivity contribution is -0.136. The van der Waals surface area contributed by atoms with Crippen LogP contribution in [0.5, 0.6) is 0 Å². The molecular formula is C20H21ClN4O3. The molecule has 0 aliphatic rings. The van der Waals surface area contributed by atoms with E-state index in [0.717, 1.165) is 5.56 Å². The first-order valence-corrected chi connectivity index (χ1v) is 8.95. The van der Waals surface area contributed by atoms with Crippen LogP contribution in [0.1, 0.15) is 24.5 Å². The van der Waals surface area contributed by atoms with Crippen LogP contribution in [0.15, 0.2) is 53.6 Å². The molecule has 28 heavy (non-hydrogen) atoms. The molecule has 0 aromatic heterocycles. The number of hydrogen-bond donors (Lipinski definition) is 3. The van der Waals surface area contributed by atoms with Crippen molar-refractivity contribution in [2.75, 3.05) is 5.32 Å². The highest BCUT2D eigenvalue weighted by Gasteiger charge is 2.15. The summed E-state index contributed by atoms with van der Waals surface area (Å²) in [5.41, 5.74) is 4.58. The summed E-state index contributed by atoms with van der Waals surface area (Å²) in [6.07, 6.45) is 0.00212. The molecule has 0 aliphatic carbocycles. The normalized spacial score (nSPS) is 10.9. The maximum Gasteiger partial charge on any atom is 0.329 e. The quantitative estimate of drug-likeness (QED) is 0.395. The first kappa shape index (κ1) is 21.1. The standard InChI is InChI=1S/C20H21ClN4O3/c1-13(11-18(26)22-12-15-7-4-3-5-8-15)24-25-20(28)19(27)23-17-10-6-9-16(21)14(17)2/h3-10H,11-12H2,1-2H3,(H,22,26)(H,23,27)(H,25,28). The fourth-order valence-corrected chi connectivity index (χ4v) is 2.42. The number of hydrogen-bond acceptors (Lipinski definition) is 4. The molecule has 0 radical (unpaired) electrons. The van der Waals surface area contributed by atoms with E-state index in [4.69, 9.17) is 11.6 Å². The van der Waals surface area contributed by atoms with Gasteiger partial charge in [0.15, 0.2) is 0 Å². The maximum atomic E-state index is 12.0. The van der Waals surface area contributed by atoms with Gasteiger partial charge in [-0.15, -0.1) is 0 Å². The van der Waals surface area contributed by atoms with Gasteiger partial charge in [-0.05, 0) is 37.1 Å². The van der Waals surface area contributed by atoms with E-state index >= 15 is 0 Å². The summed E-state index contributed by atoms with van der Waals surface area (Å²) in [7, 11) is 0. The van der Waals surface area contributed by atoms with Gasteiger partial charge in [-0.25, -0.2) is 5.43 Å². The molecule has 7 nitrogen and oxygen atoms in total. The van der Waals surface area contributed by atoms with E-state index in [2.05, 4.69) is 21.2 Å². The van der Waals surface area contributed by atoms with Gasteiger partial charge in [0.25, 0.3) is 0 Å². The van der Waals surface area contributed by atoms with Gasteiger partial charge in [-0.1, -0.05) is 48.0 Å². The first-order valence-electron chi connectivity index (χ1n) is 8.57. The molecule has 2 rings (SSSR count). The molecule has 0 heterocycles. The van der Waals surface area contributed by atoms with Gasteiger partial charge in [-0.3, -0.25) is 14.4 Å². The maximum absolute atomic E-state index is 12.0. The van der Waals surface area contributed by atoms with Crippen LogP contribution in [-0.4, -0.2) is 23.4 Å². The van der Waals surface area contributed by atoms with Gasteiger partial charge in [0.1, 0.15) is 0 Å². The Morgan fingerprint density at radius 3 is 2.43 bits per heavy atom. The van der Waals surface area contributed by atoms with Crippen LogP contribution >= 0.6 is 11.6 Å². The molecular weight excluding hydrogens is 380 g/mol. The molecule has 0 bridgehead atoms. The Morgan fingerprint density at radius 1 is 1.00 bits per heavy atom. The Morgan fingerprint density at radius 2 is 1.71 bits per heavy atom. The molecule has 2 aromatic carbocycles. The van der Waals surface area contributed by atoms with Crippen molar-refractivity contribution in [2.45, 2.75) is 26.8 Å². The fourth-order valence-electron chi connectivity index (χ4n) is 2.25. The van der Waals surface area contributed by atoms with Crippen molar-refractivity contribution in [3.05, 3.63) is 64.7 Å². The van der Waals surface area contributed by atoms with Crippen molar-refractivity contribution in [1.29, 1.82) is 0 Å². The van der Waals surface area contributed by atoms with E-state index in [9.17, 15) is 14.4 Å². The number of nitrogens with zero attached hydrogens (tertiary/aromatic N) is 1. The van der Waals surface area contributed by atoms with Crippen LogP contribution in [0.4, 0.5) is 5.69 Å². The van der Waals surface area contributed by atoms with Crippen LogP contribution < -0.4 is 16.1 Å². The van der Waals surface area contributed by atoms with Gasteiger partial charge < -0.3 is 10.6 Å².